The van der Waals surface area contributed by atoms with Crippen molar-refractivity contribution < 1.29 is 9.47 Å². The van der Waals surface area contributed by atoms with E-state index in [2.05, 4.69) is 31.0 Å². The molecule has 0 aliphatic carbocycles. The van der Waals surface area contributed by atoms with E-state index in [0.29, 0.717) is 22.3 Å². The zero-order chi connectivity index (χ0) is 19.8. The predicted molar refractivity (Wildman–Crippen MR) is 110 cm³/mol. The topological polar surface area (TPSA) is 77.5 Å². The van der Waals surface area contributed by atoms with Crippen molar-refractivity contribution in [3.8, 4) is 22.9 Å². The highest BCUT2D eigenvalue weighted by Gasteiger charge is 2.36. The minimum Gasteiger partial charge on any atom is -0.496 e. The Balaban J connectivity index is 1.93. The molecule has 0 bridgehead atoms. The van der Waals surface area contributed by atoms with E-state index in [1.165, 1.54) is 0 Å². The van der Waals surface area contributed by atoms with Crippen LogP contribution in [0.25, 0.3) is 16.1 Å². The second-order valence-corrected chi connectivity index (χ2v) is 7.41. The number of nitrogens with one attached hydrogen (secondary N) is 1. The number of benzene rings is 2. The number of H-pyrrole nitrogens is 1. The molecule has 1 aliphatic heterocycles. The van der Waals surface area contributed by atoms with Gasteiger partial charge in [-0.05, 0) is 45.8 Å². The van der Waals surface area contributed by atoms with Gasteiger partial charge in [-0.25, -0.2) is 4.85 Å². The van der Waals surface area contributed by atoms with Crippen LogP contribution in [0.4, 0.5) is 0 Å². The molecule has 140 valence electrons. The van der Waals surface area contributed by atoms with E-state index < -0.39 is 5.92 Å². The molecular weight excluding hydrogens is 444 g/mol. The van der Waals surface area contributed by atoms with Crippen molar-refractivity contribution in [3.63, 3.8) is 0 Å². The summed E-state index contributed by atoms with van der Waals surface area (Å²) in [6.07, 6.45) is 0. The summed E-state index contributed by atoms with van der Waals surface area (Å²) in [6, 6.07) is 13.0. The van der Waals surface area contributed by atoms with Crippen molar-refractivity contribution >= 4 is 27.5 Å². The van der Waals surface area contributed by atoms with Gasteiger partial charge in [0.15, 0.2) is 5.88 Å². The summed E-state index contributed by atoms with van der Waals surface area (Å²) in [5.41, 5.74) is 9.58. The van der Waals surface area contributed by atoms with E-state index in [1.54, 1.807) is 19.2 Å². The molecule has 8 heteroatoms. The van der Waals surface area contributed by atoms with Crippen LogP contribution < -0.4 is 15.2 Å². The van der Waals surface area contributed by atoms with Gasteiger partial charge in [-0.15, -0.1) is 5.10 Å². The monoisotopic (exact) mass is 456 g/mol. The summed E-state index contributed by atoms with van der Waals surface area (Å²) < 4.78 is 11.7. The summed E-state index contributed by atoms with van der Waals surface area (Å²) >= 11 is 9.53. The molecule has 0 radical (unpaired) electrons. The number of hydrogen-bond donors (Lipinski definition) is 2. The van der Waals surface area contributed by atoms with E-state index in [9.17, 15) is 0 Å². The number of aromatic nitrogens is 2. The molecule has 2 heterocycles. The maximum Gasteiger partial charge on any atom is 0.241 e. The molecule has 6 nitrogen and oxygen atoms in total. The number of fused-ring (bicyclic) bond motifs is 1. The van der Waals surface area contributed by atoms with Gasteiger partial charge in [0.25, 0.3) is 0 Å². The lowest BCUT2D eigenvalue weighted by atomic mass is 9.86. The van der Waals surface area contributed by atoms with Crippen molar-refractivity contribution in [1.29, 1.82) is 0 Å². The van der Waals surface area contributed by atoms with Crippen LogP contribution >= 0.6 is 27.5 Å². The Morgan fingerprint density at radius 1 is 1.29 bits per heavy atom. The lowest BCUT2D eigenvalue weighted by Crippen LogP contribution is -2.20. The Hall–Kier alpha value is -2.95. The third-order valence-corrected chi connectivity index (χ3v) is 5.42. The van der Waals surface area contributed by atoms with Gasteiger partial charge in [0, 0.05) is 16.1 Å². The predicted octanol–water partition coefficient (Wildman–Crippen LogP) is 5.07. The van der Waals surface area contributed by atoms with E-state index in [1.807, 2.05) is 30.3 Å². The van der Waals surface area contributed by atoms with E-state index in [0.717, 1.165) is 26.9 Å². The molecule has 1 unspecified atom stereocenters. The first kappa shape index (κ1) is 18.4. The maximum absolute atomic E-state index is 7.66. The zero-order valence-corrected chi connectivity index (χ0v) is 17.0. The number of ether oxygens (including phenoxy) is 2. The van der Waals surface area contributed by atoms with Crippen molar-refractivity contribution in [2.75, 3.05) is 7.11 Å². The molecule has 2 aromatic carbocycles. The number of methoxy groups -OCH3 is 1. The smallest absolute Gasteiger partial charge is 0.241 e. The van der Waals surface area contributed by atoms with Crippen molar-refractivity contribution in [2.24, 2.45) is 5.73 Å². The number of nitrogens with two attached hydrogens (primary N) is 1. The lowest BCUT2D eigenvalue weighted by Gasteiger charge is -2.24. The van der Waals surface area contributed by atoms with Gasteiger partial charge in [-0.1, -0.05) is 29.8 Å². The fourth-order valence-corrected chi connectivity index (χ4v) is 3.94. The van der Waals surface area contributed by atoms with Gasteiger partial charge in [0.2, 0.25) is 11.6 Å². The number of hydrogen-bond acceptors (Lipinski definition) is 4. The number of rotatable bonds is 3. The van der Waals surface area contributed by atoms with Gasteiger partial charge in [0.1, 0.15) is 5.75 Å². The van der Waals surface area contributed by atoms with Crippen LogP contribution in [0, 0.1) is 6.57 Å². The molecule has 4 rings (SSSR count). The second kappa shape index (κ2) is 7.23. The van der Waals surface area contributed by atoms with E-state index in [-0.39, 0.29) is 5.88 Å². The first-order valence-electron chi connectivity index (χ1n) is 8.26. The molecule has 1 aliphatic rings. The molecule has 0 spiro atoms. The SMILES string of the molecule is [C-]#[N+]C1=C(N)Oc2n[nH]c(-c3ccc(Cl)cc3)c2C1c1ccc(OC)c(Br)c1. The largest absolute Gasteiger partial charge is 0.496 e. The Morgan fingerprint density at radius 2 is 2.04 bits per heavy atom. The average Bonchev–Trinajstić information content (AvgIpc) is 3.10. The Labute approximate surface area is 174 Å². The third kappa shape index (κ3) is 3.01. The van der Waals surface area contributed by atoms with Crippen LogP contribution in [-0.4, -0.2) is 17.3 Å². The summed E-state index contributed by atoms with van der Waals surface area (Å²) in [7, 11) is 1.60. The van der Waals surface area contributed by atoms with Crippen molar-refractivity contribution in [3.05, 3.63) is 86.1 Å². The quantitative estimate of drug-likeness (QED) is 0.538. The molecule has 1 atom stereocenters. The fraction of sp³-hybridized carbons (Fsp3) is 0.100. The van der Waals surface area contributed by atoms with Crippen LogP contribution in [0.3, 0.4) is 0 Å². The minimum absolute atomic E-state index is 0.0496. The second-order valence-electron chi connectivity index (χ2n) is 6.11. The molecule has 0 fully saturated rings. The Kier molecular flexibility index (Phi) is 4.75. The van der Waals surface area contributed by atoms with Gasteiger partial charge in [-0.3, -0.25) is 5.10 Å². The highest BCUT2D eigenvalue weighted by molar-refractivity contribution is 9.10. The van der Waals surface area contributed by atoms with Gasteiger partial charge in [0.05, 0.1) is 29.8 Å². The van der Waals surface area contributed by atoms with Gasteiger partial charge in [-0.2, -0.15) is 0 Å². The lowest BCUT2D eigenvalue weighted by molar-refractivity contribution is 0.378. The van der Waals surface area contributed by atoms with Crippen LogP contribution in [0.5, 0.6) is 11.6 Å². The van der Waals surface area contributed by atoms with Gasteiger partial charge >= 0.3 is 0 Å². The Morgan fingerprint density at radius 3 is 2.68 bits per heavy atom. The highest BCUT2D eigenvalue weighted by atomic mass is 79.9. The molecule has 0 saturated carbocycles. The van der Waals surface area contributed by atoms with Crippen LogP contribution in [0.2, 0.25) is 5.02 Å². The molecule has 0 amide bonds. The Bertz CT molecular complexity index is 1130. The standard InChI is InChI=1S/C20H14BrClN4O2/c1-24-18-15(11-5-8-14(27-2)13(21)9-11)16-17(10-3-6-12(22)7-4-10)25-26-20(16)28-19(18)23/h3-9,15H,23H2,2H3,(H,25,26). The van der Waals surface area contributed by atoms with E-state index >= 15 is 0 Å². The van der Waals surface area contributed by atoms with Crippen molar-refractivity contribution in [2.45, 2.75) is 5.92 Å². The van der Waals surface area contributed by atoms with Crippen LogP contribution in [0.1, 0.15) is 17.0 Å². The zero-order valence-electron chi connectivity index (χ0n) is 14.7. The minimum atomic E-state index is -0.437. The molecule has 3 N–H and O–H groups in total. The van der Waals surface area contributed by atoms with Crippen molar-refractivity contribution in [1.82, 2.24) is 10.2 Å². The summed E-state index contributed by atoms with van der Waals surface area (Å²) in [6.45, 7) is 7.66. The fourth-order valence-electron chi connectivity index (χ4n) is 3.26. The summed E-state index contributed by atoms with van der Waals surface area (Å²) in [5, 5.41) is 7.92. The molecule has 3 aromatic rings. The number of nitrogens with zero attached hydrogens (tertiary/aromatic N) is 2. The molecular formula is C20H14BrClN4O2. The molecule has 0 saturated heterocycles. The van der Waals surface area contributed by atoms with Gasteiger partial charge < -0.3 is 15.2 Å². The number of halogens is 2. The van der Waals surface area contributed by atoms with Crippen LogP contribution in [-0.2, 0) is 0 Å². The highest BCUT2D eigenvalue weighted by Crippen LogP contribution is 2.47. The van der Waals surface area contributed by atoms with E-state index in [4.69, 9.17) is 33.4 Å². The van der Waals surface area contributed by atoms with Crippen LogP contribution in [0.15, 0.2) is 58.5 Å². The molecule has 1 aromatic heterocycles. The normalized spacial score (nSPS) is 15.6. The molecule has 28 heavy (non-hydrogen) atoms. The average molecular weight is 458 g/mol. The first-order valence-corrected chi connectivity index (χ1v) is 9.43. The number of aromatic amines is 1. The first-order chi connectivity index (χ1) is 13.5. The maximum atomic E-state index is 7.66. The summed E-state index contributed by atoms with van der Waals surface area (Å²) in [4.78, 5) is 3.66. The summed E-state index contributed by atoms with van der Waals surface area (Å²) in [5.74, 6) is 0.663. The third-order valence-electron chi connectivity index (χ3n) is 4.55. The number of allylic oxidation sites excluding steroid dienone is 1.